The average Bonchev–Trinajstić information content (AvgIpc) is 3.10. The van der Waals surface area contributed by atoms with Crippen LogP contribution in [0.2, 0.25) is 0 Å². The fraction of sp³-hybridized carbons (Fsp3) is 0.154. The van der Waals surface area contributed by atoms with Crippen molar-refractivity contribution < 1.29 is 24.4 Å². The van der Waals surface area contributed by atoms with Gasteiger partial charge in [0.2, 0.25) is 0 Å². The van der Waals surface area contributed by atoms with Crippen LogP contribution >= 0.6 is 0 Å². The Morgan fingerprint density at radius 1 is 1.00 bits per heavy atom. The summed E-state index contributed by atoms with van der Waals surface area (Å²) in [5, 5.41) is 22.2. The van der Waals surface area contributed by atoms with Crippen LogP contribution in [0.3, 0.4) is 0 Å². The van der Waals surface area contributed by atoms with E-state index < -0.39 is 28.4 Å². The molecule has 1 saturated heterocycles. The lowest BCUT2D eigenvalue weighted by Crippen LogP contribution is -2.30. The molecule has 1 unspecified atom stereocenters. The van der Waals surface area contributed by atoms with E-state index in [4.69, 9.17) is 4.74 Å². The fourth-order valence-corrected chi connectivity index (χ4v) is 4.16. The summed E-state index contributed by atoms with van der Waals surface area (Å²) in [7, 11) is 1.49. The quantitative estimate of drug-likeness (QED) is 0.192. The number of aryl methyl sites for hydroxylation is 1. The molecule has 1 aliphatic heterocycles. The number of carbonyl (C=O) groups is 2. The number of Topliss-reactive ketones (excluding diaryl/α,β-unsaturated/α-hetero) is 1. The van der Waals surface area contributed by atoms with E-state index in [-0.39, 0.29) is 16.8 Å². The third-order valence-electron chi connectivity index (χ3n) is 6.07. The molecule has 4 rings (SSSR count). The Kier molecular flexibility index (Phi) is 5.89. The first-order valence-electron chi connectivity index (χ1n) is 10.5. The molecule has 172 valence electrons. The number of methoxy groups -OCH3 is 1. The Labute approximate surface area is 195 Å². The highest BCUT2D eigenvalue weighted by atomic mass is 16.6. The molecule has 0 aliphatic carbocycles. The van der Waals surface area contributed by atoms with Crippen LogP contribution < -0.4 is 9.64 Å². The van der Waals surface area contributed by atoms with Crippen LogP contribution in [0.4, 0.5) is 11.4 Å². The van der Waals surface area contributed by atoms with Gasteiger partial charge in [-0.3, -0.25) is 24.6 Å². The minimum atomic E-state index is -0.966. The van der Waals surface area contributed by atoms with Gasteiger partial charge in [-0.1, -0.05) is 30.3 Å². The van der Waals surface area contributed by atoms with Crippen molar-refractivity contribution in [1.82, 2.24) is 0 Å². The molecule has 34 heavy (non-hydrogen) atoms. The van der Waals surface area contributed by atoms with E-state index in [9.17, 15) is 24.8 Å². The molecule has 1 N–H and O–H groups in total. The van der Waals surface area contributed by atoms with E-state index in [2.05, 4.69) is 0 Å². The second kappa shape index (κ2) is 8.82. The number of nitro groups is 1. The number of hydrogen-bond acceptors (Lipinski definition) is 6. The minimum Gasteiger partial charge on any atom is -0.507 e. The van der Waals surface area contributed by atoms with Gasteiger partial charge in [-0.15, -0.1) is 0 Å². The Hall–Kier alpha value is -4.46. The van der Waals surface area contributed by atoms with E-state index in [1.165, 1.54) is 36.3 Å². The van der Waals surface area contributed by atoms with Crippen LogP contribution in [-0.4, -0.2) is 28.8 Å². The monoisotopic (exact) mass is 458 g/mol. The van der Waals surface area contributed by atoms with Crippen molar-refractivity contribution in [3.8, 4) is 5.75 Å². The Bertz CT molecular complexity index is 1340. The molecule has 1 heterocycles. The summed E-state index contributed by atoms with van der Waals surface area (Å²) in [6.07, 6.45) is 0. The van der Waals surface area contributed by atoms with Gasteiger partial charge in [0.1, 0.15) is 11.5 Å². The zero-order chi connectivity index (χ0) is 24.6. The summed E-state index contributed by atoms with van der Waals surface area (Å²) >= 11 is 0. The fourth-order valence-electron chi connectivity index (χ4n) is 4.16. The molecule has 3 aromatic rings. The number of ketones is 1. The third-order valence-corrected chi connectivity index (χ3v) is 6.07. The average molecular weight is 458 g/mol. The SMILES string of the molecule is COc1ccccc1C1/C(=C(\O)c2ccc([N+](=O)[O-])cc2)C(=O)C(=O)N1c1cccc(C)c1C. The van der Waals surface area contributed by atoms with Crippen LogP contribution in [0.15, 0.2) is 72.3 Å². The number of anilines is 1. The van der Waals surface area contributed by atoms with Crippen molar-refractivity contribution in [2.45, 2.75) is 19.9 Å². The predicted molar refractivity (Wildman–Crippen MR) is 127 cm³/mol. The molecule has 8 nitrogen and oxygen atoms in total. The molecule has 3 aromatic carbocycles. The molecule has 0 aromatic heterocycles. The predicted octanol–water partition coefficient (Wildman–Crippen LogP) is 4.85. The Balaban J connectivity index is 1.99. The highest BCUT2D eigenvalue weighted by Crippen LogP contribution is 2.45. The van der Waals surface area contributed by atoms with Crippen LogP contribution in [0.1, 0.15) is 28.3 Å². The maximum atomic E-state index is 13.3. The molecule has 0 spiro atoms. The third kappa shape index (κ3) is 3.69. The minimum absolute atomic E-state index is 0.121. The number of ether oxygens (including phenoxy) is 1. The molecule has 1 fully saturated rings. The summed E-state index contributed by atoms with van der Waals surface area (Å²) < 4.78 is 5.51. The first-order chi connectivity index (χ1) is 16.3. The Morgan fingerprint density at radius 3 is 2.32 bits per heavy atom. The van der Waals surface area contributed by atoms with Crippen molar-refractivity contribution in [2.75, 3.05) is 12.0 Å². The van der Waals surface area contributed by atoms with E-state index in [1.54, 1.807) is 36.4 Å². The van der Waals surface area contributed by atoms with Crippen molar-refractivity contribution >= 4 is 28.8 Å². The van der Waals surface area contributed by atoms with Gasteiger partial charge in [-0.25, -0.2) is 0 Å². The maximum Gasteiger partial charge on any atom is 0.300 e. The van der Waals surface area contributed by atoms with Crippen molar-refractivity contribution in [2.24, 2.45) is 0 Å². The summed E-state index contributed by atoms with van der Waals surface area (Å²) in [5.74, 6) is -1.61. The summed E-state index contributed by atoms with van der Waals surface area (Å²) in [5.41, 5.74) is 2.73. The highest BCUT2D eigenvalue weighted by Gasteiger charge is 2.48. The summed E-state index contributed by atoms with van der Waals surface area (Å²) in [6.45, 7) is 3.77. The van der Waals surface area contributed by atoms with Crippen molar-refractivity contribution in [1.29, 1.82) is 0 Å². The van der Waals surface area contributed by atoms with Crippen LogP contribution in [-0.2, 0) is 9.59 Å². The molecule has 8 heteroatoms. The van der Waals surface area contributed by atoms with Gasteiger partial charge in [0.15, 0.2) is 0 Å². The first-order valence-corrected chi connectivity index (χ1v) is 10.5. The van der Waals surface area contributed by atoms with Gasteiger partial charge in [-0.2, -0.15) is 0 Å². The Morgan fingerprint density at radius 2 is 1.68 bits per heavy atom. The molecule has 1 amide bonds. The van der Waals surface area contributed by atoms with Gasteiger partial charge >= 0.3 is 0 Å². The van der Waals surface area contributed by atoms with Crippen molar-refractivity contribution in [3.63, 3.8) is 0 Å². The van der Waals surface area contributed by atoms with Gasteiger partial charge in [0.25, 0.3) is 17.4 Å². The van der Waals surface area contributed by atoms with E-state index in [0.717, 1.165) is 11.1 Å². The lowest BCUT2D eigenvalue weighted by Gasteiger charge is -2.28. The maximum absolute atomic E-state index is 13.3. The number of aliphatic hydroxyl groups excluding tert-OH is 1. The van der Waals surface area contributed by atoms with Gasteiger partial charge in [0, 0.05) is 28.9 Å². The van der Waals surface area contributed by atoms with Crippen LogP contribution in [0, 0.1) is 24.0 Å². The number of benzene rings is 3. The van der Waals surface area contributed by atoms with Crippen LogP contribution in [0.25, 0.3) is 5.76 Å². The second-order valence-electron chi connectivity index (χ2n) is 7.93. The topological polar surface area (TPSA) is 110 Å². The molecular formula is C26H22N2O6. The standard InChI is InChI=1S/C26H22N2O6/c1-15-7-6-9-20(16(15)2)27-23(19-8-4-5-10-21(19)34-3)22(25(30)26(27)31)24(29)17-11-13-18(14-12-17)28(32)33/h4-14,23,29H,1-3H3/b24-22+. The van der Waals surface area contributed by atoms with Gasteiger partial charge in [0.05, 0.1) is 23.6 Å². The molecule has 0 bridgehead atoms. The lowest BCUT2D eigenvalue weighted by atomic mass is 9.94. The number of non-ortho nitro benzene ring substituents is 1. The van der Waals surface area contributed by atoms with E-state index in [0.29, 0.717) is 17.0 Å². The zero-order valence-corrected chi connectivity index (χ0v) is 18.8. The number of nitrogens with zero attached hydrogens (tertiary/aromatic N) is 2. The first kappa shape index (κ1) is 22.7. The second-order valence-corrected chi connectivity index (χ2v) is 7.93. The van der Waals surface area contributed by atoms with E-state index in [1.807, 2.05) is 19.9 Å². The summed E-state index contributed by atoms with van der Waals surface area (Å²) in [6, 6.07) is 16.6. The number of rotatable bonds is 5. The van der Waals surface area contributed by atoms with E-state index >= 15 is 0 Å². The van der Waals surface area contributed by atoms with Gasteiger partial charge in [-0.05, 0) is 49.2 Å². The summed E-state index contributed by atoms with van der Waals surface area (Å²) in [4.78, 5) is 38.5. The lowest BCUT2D eigenvalue weighted by molar-refractivity contribution is -0.384. The molecule has 0 radical (unpaired) electrons. The largest absolute Gasteiger partial charge is 0.507 e. The van der Waals surface area contributed by atoms with Crippen molar-refractivity contribution in [3.05, 3.63) is 105 Å². The number of aliphatic hydroxyl groups is 1. The number of nitro benzene ring substituents is 1. The smallest absolute Gasteiger partial charge is 0.300 e. The van der Waals surface area contributed by atoms with Gasteiger partial charge < -0.3 is 9.84 Å². The zero-order valence-electron chi connectivity index (χ0n) is 18.8. The number of para-hydroxylation sites is 1. The number of carbonyl (C=O) groups excluding carboxylic acids is 2. The highest BCUT2D eigenvalue weighted by molar-refractivity contribution is 6.51. The number of hydrogen-bond donors (Lipinski definition) is 1. The molecule has 1 aliphatic rings. The molecular weight excluding hydrogens is 436 g/mol. The molecule has 1 atom stereocenters. The van der Waals surface area contributed by atoms with Crippen LogP contribution in [0.5, 0.6) is 5.75 Å². The normalized spacial score (nSPS) is 17.1. The molecule has 0 saturated carbocycles. The number of amides is 1.